The Morgan fingerprint density at radius 1 is 1.24 bits per heavy atom. The lowest BCUT2D eigenvalue weighted by molar-refractivity contribution is -0.136. The molecule has 25 heavy (non-hydrogen) atoms. The van der Waals surface area contributed by atoms with Gasteiger partial charge in [-0.15, -0.1) is 0 Å². The van der Waals surface area contributed by atoms with E-state index in [1.54, 1.807) is 7.11 Å². The van der Waals surface area contributed by atoms with Gasteiger partial charge >= 0.3 is 0 Å². The molecule has 0 radical (unpaired) electrons. The van der Waals surface area contributed by atoms with Crippen LogP contribution in [0.15, 0.2) is 24.3 Å². The molecule has 1 heterocycles. The first kappa shape index (κ1) is 19.7. The second-order valence-electron chi connectivity index (χ2n) is 6.91. The first-order valence-corrected chi connectivity index (χ1v) is 9.39. The number of hydrogen-bond acceptors (Lipinski definition) is 4. The van der Waals surface area contributed by atoms with Crippen LogP contribution in [0.1, 0.15) is 46.0 Å². The van der Waals surface area contributed by atoms with Gasteiger partial charge in [0.05, 0.1) is 6.61 Å². The topological polar surface area (TPSA) is 50.8 Å². The van der Waals surface area contributed by atoms with Gasteiger partial charge in [-0.1, -0.05) is 13.3 Å². The van der Waals surface area contributed by atoms with Crippen molar-refractivity contribution in [2.45, 2.75) is 51.6 Å². The second kappa shape index (κ2) is 9.78. The van der Waals surface area contributed by atoms with Crippen LogP contribution in [0.3, 0.4) is 0 Å². The van der Waals surface area contributed by atoms with E-state index in [1.165, 1.54) is 25.9 Å². The Morgan fingerprint density at radius 3 is 2.52 bits per heavy atom. The van der Waals surface area contributed by atoms with Gasteiger partial charge in [-0.3, -0.25) is 4.79 Å². The minimum Gasteiger partial charge on any atom is -0.494 e. The van der Waals surface area contributed by atoms with Gasteiger partial charge in [-0.05, 0) is 70.0 Å². The summed E-state index contributed by atoms with van der Waals surface area (Å²) in [6.07, 6.45) is 5.28. The van der Waals surface area contributed by atoms with Crippen molar-refractivity contribution >= 4 is 11.6 Å². The molecule has 0 unspecified atom stereocenters. The lowest BCUT2D eigenvalue weighted by Gasteiger charge is -2.26. The molecule has 1 fully saturated rings. The molecule has 5 nitrogen and oxygen atoms in total. The van der Waals surface area contributed by atoms with Crippen LogP contribution >= 0.6 is 0 Å². The maximum absolute atomic E-state index is 12.4. The standard InChI is InChI=1S/C20H32N2O3/c1-4-12-20(2,24-3)19(23)21-17-8-10-18(11-9-17)25-16-7-15-22-13-5-6-14-22/h8-11H,4-7,12-16H2,1-3H3,(H,21,23)/t20-/m1/s1. The van der Waals surface area contributed by atoms with E-state index in [1.807, 2.05) is 38.1 Å². The summed E-state index contributed by atoms with van der Waals surface area (Å²) in [5.74, 6) is 0.721. The summed E-state index contributed by atoms with van der Waals surface area (Å²) in [5, 5.41) is 2.92. The predicted molar refractivity (Wildman–Crippen MR) is 101 cm³/mol. The van der Waals surface area contributed by atoms with Crippen molar-refractivity contribution in [1.82, 2.24) is 4.90 Å². The average Bonchev–Trinajstić information content (AvgIpc) is 3.13. The van der Waals surface area contributed by atoms with Gasteiger partial charge in [0.25, 0.3) is 5.91 Å². The molecule has 140 valence electrons. The van der Waals surface area contributed by atoms with Crippen LogP contribution in [-0.4, -0.2) is 49.8 Å². The maximum atomic E-state index is 12.4. The molecule has 1 amide bonds. The van der Waals surface area contributed by atoms with Gasteiger partial charge in [0.15, 0.2) is 0 Å². The van der Waals surface area contributed by atoms with Crippen LogP contribution in [0.2, 0.25) is 0 Å². The molecule has 1 atom stereocenters. The summed E-state index contributed by atoms with van der Waals surface area (Å²) in [4.78, 5) is 14.9. The van der Waals surface area contributed by atoms with Crippen molar-refractivity contribution in [3.05, 3.63) is 24.3 Å². The van der Waals surface area contributed by atoms with Crippen molar-refractivity contribution < 1.29 is 14.3 Å². The third-order valence-electron chi connectivity index (χ3n) is 4.86. The highest BCUT2D eigenvalue weighted by Gasteiger charge is 2.32. The van der Waals surface area contributed by atoms with Crippen LogP contribution in [0.25, 0.3) is 0 Å². The normalized spacial score (nSPS) is 17.2. The van der Waals surface area contributed by atoms with Gasteiger partial charge in [0.1, 0.15) is 11.4 Å². The van der Waals surface area contributed by atoms with Gasteiger partial charge in [0, 0.05) is 19.3 Å². The molecule has 1 aliphatic heterocycles. The van der Waals surface area contributed by atoms with Crippen LogP contribution < -0.4 is 10.1 Å². The first-order valence-electron chi connectivity index (χ1n) is 9.39. The summed E-state index contributed by atoms with van der Waals surface area (Å²) in [6.45, 7) is 8.16. The fourth-order valence-electron chi connectivity index (χ4n) is 3.17. The van der Waals surface area contributed by atoms with Crippen LogP contribution in [-0.2, 0) is 9.53 Å². The van der Waals surface area contributed by atoms with Gasteiger partial charge < -0.3 is 19.7 Å². The largest absolute Gasteiger partial charge is 0.494 e. The zero-order valence-electron chi connectivity index (χ0n) is 15.8. The molecule has 0 spiro atoms. The Balaban J connectivity index is 1.75. The molecular formula is C20H32N2O3. The van der Waals surface area contributed by atoms with E-state index < -0.39 is 5.60 Å². The van der Waals surface area contributed by atoms with Crippen LogP contribution in [0.4, 0.5) is 5.69 Å². The Hall–Kier alpha value is -1.59. The molecule has 0 saturated carbocycles. The van der Waals surface area contributed by atoms with Crippen molar-refractivity contribution in [3.63, 3.8) is 0 Å². The highest BCUT2D eigenvalue weighted by molar-refractivity contribution is 5.97. The van der Waals surface area contributed by atoms with E-state index in [0.717, 1.165) is 37.4 Å². The van der Waals surface area contributed by atoms with Gasteiger partial charge in [-0.25, -0.2) is 0 Å². The Bertz CT molecular complexity index is 526. The Kier molecular flexibility index (Phi) is 7.72. The quantitative estimate of drug-likeness (QED) is 0.655. The maximum Gasteiger partial charge on any atom is 0.256 e. The fraction of sp³-hybridized carbons (Fsp3) is 0.650. The number of carbonyl (C=O) groups is 1. The number of nitrogens with one attached hydrogen (secondary N) is 1. The molecule has 2 rings (SSSR count). The molecular weight excluding hydrogens is 316 g/mol. The van der Waals surface area contributed by atoms with Crippen molar-refractivity contribution in [2.75, 3.05) is 38.7 Å². The van der Waals surface area contributed by atoms with E-state index in [9.17, 15) is 4.79 Å². The Labute approximate surface area is 151 Å². The SMILES string of the molecule is CCC[C@@](C)(OC)C(=O)Nc1ccc(OCCCN2CCCC2)cc1. The summed E-state index contributed by atoms with van der Waals surface area (Å²) < 4.78 is 11.2. The zero-order valence-corrected chi connectivity index (χ0v) is 15.8. The number of methoxy groups -OCH3 is 1. The highest BCUT2D eigenvalue weighted by atomic mass is 16.5. The Morgan fingerprint density at radius 2 is 1.92 bits per heavy atom. The molecule has 1 aliphatic rings. The molecule has 0 aliphatic carbocycles. The van der Waals surface area contributed by atoms with Crippen molar-refractivity contribution in [3.8, 4) is 5.75 Å². The molecule has 1 saturated heterocycles. The minimum absolute atomic E-state index is 0.115. The van der Waals surface area contributed by atoms with E-state index in [-0.39, 0.29) is 5.91 Å². The van der Waals surface area contributed by atoms with Crippen molar-refractivity contribution in [1.29, 1.82) is 0 Å². The molecule has 1 N–H and O–H groups in total. The van der Waals surface area contributed by atoms with E-state index in [0.29, 0.717) is 6.42 Å². The summed E-state index contributed by atoms with van der Waals surface area (Å²) in [5.41, 5.74) is -0.0340. The minimum atomic E-state index is -0.792. The summed E-state index contributed by atoms with van der Waals surface area (Å²) in [6, 6.07) is 7.54. The number of ether oxygens (including phenoxy) is 2. The third-order valence-corrected chi connectivity index (χ3v) is 4.86. The average molecular weight is 348 g/mol. The number of rotatable bonds is 10. The van der Waals surface area contributed by atoms with Crippen LogP contribution in [0, 0.1) is 0 Å². The number of likely N-dealkylation sites (tertiary alicyclic amines) is 1. The highest BCUT2D eigenvalue weighted by Crippen LogP contribution is 2.21. The molecule has 0 aromatic heterocycles. The first-order chi connectivity index (χ1) is 12.1. The van der Waals surface area contributed by atoms with E-state index in [4.69, 9.17) is 9.47 Å². The lowest BCUT2D eigenvalue weighted by Crippen LogP contribution is -2.41. The smallest absolute Gasteiger partial charge is 0.256 e. The summed E-state index contributed by atoms with van der Waals surface area (Å²) >= 11 is 0. The number of amides is 1. The van der Waals surface area contributed by atoms with E-state index in [2.05, 4.69) is 10.2 Å². The molecule has 5 heteroatoms. The zero-order chi connectivity index (χ0) is 18.1. The van der Waals surface area contributed by atoms with Crippen LogP contribution in [0.5, 0.6) is 5.75 Å². The lowest BCUT2D eigenvalue weighted by atomic mass is 9.99. The van der Waals surface area contributed by atoms with Gasteiger partial charge in [-0.2, -0.15) is 0 Å². The fourth-order valence-corrected chi connectivity index (χ4v) is 3.17. The van der Waals surface area contributed by atoms with Crippen molar-refractivity contribution in [2.24, 2.45) is 0 Å². The van der Waals surface area contributed by atoms with E-state index >= 15 is 0 Å². The number of nitrogens with zero attached hydrogens (tertiary/aromatic N) is 1. The summed E-state index contributed by atoms with van der Waals surface area (Å²) in [7, 11) is 1.58. The second-order valence-corrected chi connectivity index (χ2v) is 6.91. The number of hydrogen-bond donors (Lipinski definition) is 1. The number of anilines is 1. The number of carbonyl (C=O) groups excluding carboxylic acids is 1. The molecule has 0 bridgehead atoms. The third kappa shape index (κ3) is 6.01. The predicted octanol–water partition coefficient (Wildman–Crippen LogP) is 3.70. The molecule has 1 aromatic carbocycles. The monoisotopic (exact) mass is 348 g/mol. The number of benzene rings is 1. The van der Waals surface area contributed by atoms with Gasteiger partial charge in [0.2, 0.25) is 0 Å². The molecule has 1 aromatic rings.